The molecule has 2 aromatic rings. The van der Waals surface area contributed by atoms with Crippen LogP contribution in [-0.4, -0.2) is 57.8 Å². The Bertz CT molecular complexity index is 827. The fraction of sp³-hybridized carbons (Fsp3) is 0.500. The largest absolute Gasteiger partial charge is 0.496 e. The highest BCUT2D eigenvalue weighted by Gasteiger charge is 2.25. The van der Waals surface area contributed by atoms with Crippen LogP contribution in [0, 0.1) is 0 Å². The maximum absolute atomic E-state index is 11.4. The van der Waals surface area contributed by atoms with Gasteiger partial charge in [-0.3, -0.25) is 14.9 Å². The van der Waals surface area contributed by atoms with E-state index in [1.165, 1.54) is 24.0 Å². The monoisotopic (exact) mass is 370 g/mol. The van der Waals surface area contributed by atoms with Gasteiger partial charge in [-0.25, -0.2) is 4.79 Å². The summed E-state index contributed by atoms with van der Waals surface area (Å²) in [6.45, 7) is 5.52. The second kappa shape index (κ2) is 7.70. The Morgan fingerprint density at radius 1 is 1.22 bits per heavy atom. The minimum absolute atomic E-state index is 0.152. The van der Waals surface area contributed by atoms with Gasteiger partial charge >= 0.3 is 5.97 Å². The number of ether oxygens (including phenoxy) is 1. The molecular weight excluding hydrogens is 344 g/mol. The molecule has 0 atom stereocenters. The summed E-state index contributed by atoms with van der Waals surface area (Å²) in [4.78, 5) is 16.1. The van der Waals surface area contributed by atoms with E-state index in [1.54, 1.807) is 7.11 Å². The van der Waals surface area contributed by atoms with Crippen LogP contribution >= 0.6 is 0 Å². The first-order valence-corrected chi connectivity index (χ1v) is 9.54. The van der Waals surface area contributed by atoms with Crippen molar-refractivity contribution in [2.45, 2.75) is 38.9 Å². The molecular formula is C20H26N4O3. The Morgan fingerprint density at radius 2 is 2.04 bits per heavy atom. The molecule has 3 heterocycles. The number of hydrogen-bond donors (Lipinski definition) is 2. The average molecular weight is 370 g/mol. The van der Waals surface area contributed by atoms with Crippen molar-refractivity contribution in [2.24, 2.45) is 0 Å². The molecule has 0 bridgehead atoms. The number of carbonyl (C=O) groups is 1. The molecule has 7 nitrogen and oxygen atoms in total. The van der Waals surface area contributed by atoms with Gasteiger partial charge in [0, 0.05) is 49.4 Å². The maximum Gasteiger partial charge on any atom is 0.356 e. The number of methoxy groups -OCH3 is 1. The molecule has 0 unspecified atom stereocenters. The molecule has 1 aromatic heterocycles. The van der Waals surface area contributed by atoms with Gasteiger partial charge in [-0.05, 0) is 43.6 Å². The summed E-state index contributed by atoms with van der Waals surface area (Å²) in [5.74, 6) is -0.0266. The number of hydrogen-bond acceptors (Lipinski definition) is 5. The molecule has 1 saturated heterocycles. The van der Waals surface area contributed by atoms with Gasteiger partial charge in [-0.15, -0.1) is 0 Å². The Hall–Kier alpha value is -2.38. The first-order chi connectivity index (χ1) is 13.1. The van der Waals surface area contributed by atoms with Crippen molar-refractivity contribution in [2.75, 3.05) is 26.7 Å². The van der Waals surface area contributed by atoms with Crippen molar-refractivity contribution in [3.63, 3.8) is 0 Å². The van der Waals surface area contributed by atoms with E-state index >= 15 is 0 Å². The van der Waals surface area contributed by atoms with Crippen LogP contribution in [0.4, 0.5) is 0 Å². The van der Waals surface area contributed by atoms with Crippen LogP contribution in [0.25, 0.3) is 0 Å². The topological polar surface area (TPSA) is 81.7 Å². The first-order valence-electron chi connectivity index (χ1n) is 9.54. The Kier molecular flexibility index (Phi) is 5.13. The number of aromatic carboxylic acids is 1. The predicted molar refractivity (Wildman–Crippen MR) is 101 cm³/mol. The summed E-state index contributed by atoms with van der Waals surface area (Å²) in [6.07, 6.45) is 3.34. The van der Waals surface area contributed by atoms with Gasteiger partial charge in [-0.1, -0.05) is 6.07 Å². The zero-order chi connectivity index (χ0) is 18.8. The van der Waals surface area contributed by atoms with E-state index in [0.717, 1.165) is 56.2 Å². The van der Waals surface area contributed by atoms with E-state index in [2.05, 4.69) is 38.2 Å². The molecule has 2 aliphatic rings. The van der Waals surface area contributed by atoms with Crippen molar-refractivity contribution in [3.05, 3.63) is 46.3 Å². The maximum atomic E-state index is 11.4. The van der Waals surface area contributed by atoms with E-state index in [4.69, 9.17) is 4.74 Å². The minimum atomic E-state index is -0.966. The summed E-state index contributed by atoms with van der Waals surface area (Å²) < 4.78 is 5.56. The third-order valence-corrected chi connectivity index (χ3v) is 5.56. The van der Waals surface area contributed by atoms with Crippen LogP contribution in [0.5, 0.6) is 5.75 Å². The molecule has 0 amide bonds. The number of benzene rings is 1. The number of nitrogens with one attached hydrogen (secondary N) is 1. The van der Waals surface area contributed by atoms with Crippen LogP contribution in [-0.2, 0) is 26.1 Å². The van der Waals surface area contributed by atoms with E-state index in [-0.39, 0.29) is 5.69 Å². The molecule has 7 heteroatoms. The van der Waals surface area contributed by atoms with Crippen molar-refractivity contribution < 1.29 is 14.6 Å². The highest BCUT2D eigenvalue weighted by atomic mass is 16.5. The van der Waals surface area contributed by atoms with Crippen LogP contribution in [0.2, 0.25) is 0 Å². The fourth-order valence-electron chi connectivity index (χ4n) is 4.16. The van der Waals surface area contributed by atoms with Crippen molar-refractivity contribution in [1.29, 1.82) is 0 Å². The second-order valence-electron chi connectivity index (χ2n) is 7.42. The average Bonchev–Trinajstić information content (AvgIpc) is 3.31. The molecule has 144 valence electrons. The molecule has 0 radical (unpaired) electrons. The Morgan fingerprint density at radius 3 is 2.78 bits per heavy atom. The number of rotatable bonds is 6. The lowest BCUT2D eigenvalue weighted by Gasteiger charge is -2.27. The molecule has 1 aromatic carbocycles. The fourth-order valence-corrected chi connectivity index (χ4v) is 4.16. The molecule has 1 fully saturated rings. The van der Waals surface area contributed by atoms with Crippen LogP contribution < -0.4 is 4.74 Å². The molecule has 2 N–H and O–H groups in total. The number of likely N-dealkylation sites (tertiary alicyclic amines) is 1. The van der Waals surface area contributed by atoms with Gasteiger partial charge in [-0.2, -0.15) is 5.10 Å². The van der Waals surface area contributed by atoms with E-state index < -0.39 is 5.97 Å². The minimum Gasteiger partial charge on any atom is -0.496 e. The molecule has 0 saturated carbocycles. The highest BCUT2D eigenvalue weighted by Crippen LogP contribution is 2.26. The number of aromatic amines is 1. The third kappa shape index (κ3) is 3.84. The summed E-state index contributed by atoms with van der Waals surface area (Å²) in [5, 5.41) is 16.2. The van der Waals surface area contributed by atoms with E-state index in [9.17, 15) is 9.90 Å². The number of nitrogens with zero attached hydrogens (tertiary/aromatic N) is 3. The third-order valence-electron chi connectivity index (χ3n) is 5.56. The smallest absolute Gasteiger partial charge is 0.356 e. The zero-order valence-electron chi connectivity index (χ0n) is 15.7. The van der Waals surface area contributed by atoms with Gasteiger partial charge in [0.2, 0.25) is 0 Å². The van der Waals surface area contributed by atoms with Gasteiger partial charge in [0.15, 0.2) is 5.69 Å². The first kappa shape index (κ1) is 18.0. The standard InChI is InChI=1S/C20H26N4O3/c1-27-18-5-4-14(10-15(18)12-23-7-2-3-8-23)11-24-9-6-17-16(13-24)19(20(25)26)22-21-17/h4-5,10H,2-3,6-9,11-13H2,1H3,(H,21,22)(H,25,26). The molecule has 27 heavy (non-hydrogen) atoms. The lowest BCUT2D eigenvalue weighted by atomic mass is 10.0. The second-order valence-corrected chi connectivity index (χ2v) is 7.42. The summed E-state index contributed by atoms with van der Waals surface area (Å²) in [6, 6.07) is 6.39. The number of carboxylic acid groups (broad SMARTS) is 1. The van der Waals surface area contributed by atoms with Crippen molar-refractivity contribution in [3.8, 4) is 5.75 Å². The summed E-state index contributed by atoms with van der Waals surface area (Å²) in [5.41, 5.74) is 4.38. The van der Waals surface area contributed by atoms with E-state index in [1.807, 2.05) is 0 Å². The lowest BCUT2D eigenvalue weighted by Crippen LogP contribution is -2.30. The van der Waals surface area contributed by atoms with Gasteiger partial charge in [0.05, 0.1) is 7.11 Å². The lowest BCUT2D eigenvalue weighted by molar-refractivity contribution is 0.0687. The quantitative estimate of drug-likeness (QED) is 0.812. The van der Waals surface area contributed by atoms with E-state index in [0.29, 0.717) is 6.54 Å². The van der Waals surface area contributed by atoms with Crippen LogP contribution in [0.3, 0.4) is 0 Å². The zero-order valence-corrected chi connectivity index (χ0v) is 15.7. The van der Waals surface area contributed by atoms with Crippen molar-refractivity contribution in [1.82, 2.24) is 20.0 Å². The molecule has 4 rings (SSSR count). The molecule has 0 spiro atoms. The number of carboxylic acids is 1. The van der Waals surface area contributed by atoms with Gasteiger partial charge in [0.25, 0.3) is 0 Å². The van der Waals surface area contributed by atoms with Gasteiger partial charge < -0.3 is 9.84 Å². The normalized spacial score (nSPS) is 17.8. The predicted octanol–water partition coefficient (Wildman–Crippen LogP) is 2.27. The summed E-state index contributed by atoms with van der Waals surface area (Å²) >= 11 is 0. The number of H-pyrrole nitrogens is 1. The van der Waals surface area contributed by atoms with Gasteiger partial charge in [0.1, 0.15) is 5.75 Å². The highest BCUT2D eigenvalue weighted by molar-refractivity contribution is 5.87. The SMILES string of the molecule is COc1ccc(CN2CCc3[nH]nc(C(=O)O)c3C2)cc1CN1CCCC1. The summed E-state index contributed by atoms with van der Waals surface area (Å²) in [7, 11) is 1.72. The molecule has 2 aliphatic heterocycles. The number of aromatic nitrogens is 2. The Labute approximate surface area is 158 Å². The van der Waals surface area contributed by atoms with Crippen LogP contribution in [0.15, 0.2) is 18.2 Å². The Balaban J connectivity index is 1.49. The van der Waals surface area contributed by atoms with Crippen molar-refractivity contribution >= 4 is 5.97 Å². The van der Waals surface area contributed by atoms with Crippen LogP contribution in [0.1, 0.15) is 45.7 Å². The molecule has 0 aliphatic carbocycles. The number of fused-ring (bicyclic) bond motifs is 1.